The number of benzene rings is 8. The lowest BCUT2D eigenvalue weighted by Crippen LogP contribution is -2.55. The van der Waals surface area contributed by atoms with Crippen molar-refractivity contribution in [2.45, 2.75) is 0 Å². The van der Waals surface area contributed by atoms with Crippen molar-refractivity contribution in [3.8, 4) is 56.4 Å². The van der Waals surface area contributed by atoms with Crippen molar-refractivity contribution in [2.75, 3.05) is 4.90 Å². The maximum atomic E-state index is 7.41. The fourth-order valence-corrected chi connectivity index (χ4v) is 12.7. The van der Waals surface area contributed by atoms with Crippen molar-refractivity contribution in [3.05, 3.63) is 84.9 Å². The highest BCUT2D eigenvalue weighted by atomic mass is 16.3. The van der Waals surface area contributed by atoms with Gasteiger partial charge in [-0.25, -0.2) is 15.0 Å². The van der Waals surface area contributed by atoms with E-state index in [1.54, 1.807) is 0 Å². The van der Waals surface area contributed by atoms with Gasteiger partial charge in [-0.3, -0.25) is 0 Å². The van der Waals surface area contributed by atoms with Gasteiger partial charge in [0, 0.05) is 44.5 Å². The van der Waals surface area contributed by atoms with Crippen molar-refractivity contribution >= 4 is 305 Å². The molecule has 10 aromatic rings. The number of anilines is 3. The molecule has 0 aliphatic carbocycles. The van der Waals surface area contributed by atoms with Gasteiger partial charge in [0.05, 0.1) is 0 Å². The molecule has 10 rings (SSSR count). The summed E-state index contributed by atoms with van der Waals surface area (Å²) < 4.78 is 7.41. The highest BCUT2D eigenvalue weighted by Crippen LogP contribution is 2.40. The van der Waals surface area contributed by atoms with Crippen LogP contribution in [0.2, 0.25) is 0 Å². The van der Waals surface area contributed by atoms with Gasteiger partial charge in [-0.05, 0) is 52.0 Å². The average Bonchev–Trinajstić information content (AvgIpc) is 3.90. The fourth-order valence-electron chi connectivity index (χ4n) is 12.7. The summed E-state index contributed by atoms with van der Waals surface area (Å²) in [4.78, 5) is 19.3. The van der Waals surface area contributed by atoms with Crippen molar-refractivity contribution < 1.29 is 4.42 Å². The van der Waals surface area contributed by atoms with Crippen LogP contribution in [-0.2, 0) is 0 Å². The highest BCUT2D eigenvalue weighted by molar-refractivity contribution is 6.72. The maximum absolute atomic E-state index is 7.41. The molecular formula is C51H54B20N4O. The van der Waals surface area contributed by atoms with Crippen LogP contribution in [0, 0.1) is 0 Å². The Hall–Kier alpha value is -6.33. The molecule has 76 heavy (non-hydrogen) atoms. The standard InChI is InChI=1S/C51H54B20N4O/c52-26-21(27(53)35(61)29(55)23(26)49-72-50(24-30(56)37(63)41(67)38(64)31(24)57)74-51(73-49)25-32(58)39(65)42(68)40(66)33(25)59)19-20-22-28(54)36(62)43(69)44(70)48(22)76-47(20)45(71)46(34(19)60)75(17-9-5-2-6-10-17)18-13-11-16(12-14-18)15-7-3-1-4-8-15/h1-14H,52-71H2. The molecular weight excluding hydrogens is 901 g/mol. The topological polar surface area (TPSA) is 55.1 Å². The van der Waals surface area contributed by atoms with Gasteiger partial charge in [0.1, 0.15) is 168 Å². The van der Waals surface area contributed by atoms with Crippen LogP contribution >= 0.6 is 0 Å². The number of aromatic nitrogens is 3. The van der Waals surface area contributed by atoms with Crippen LogP contribution in [0.3, 0.4) is 0 Å². The number of hydrogen-bond acceptors (Lipinski definition) is 5. The minimum Gasteiger partial charge on any atom is -0.457 e. The predicted octanol–water partition coefficient (Wildman–Crippen LogP) is -21.3. The molecule has 5 nitrogen and oxygen atoms in total. The molecule has 0 bridgehead atoms. The summed E-state index contributed by atoms with van der Waals surface area (Å²) in [5, 5.41) is 2.33. The minimum absolute atomic E-state index is 0.685. The van der Waals surface area contributed by atoms with Crippen molar-refractivity contribution in [2.24, 2.45) is 0 Å². The largest absolute Gasteiger partial charge is 0.457 e. The second-order valence-corrected chi connectivity index (χ2v) is 22.1. The molecule has 0 saturated carbocycles. The molecule has 0 spiro atoms. The van der Waals surface area contributed by atoms with E-state index < -0.39 is 0 Å². The first-order chi connectivity index (χ1) is 36.1. The van der Waals surface area contributed by atoms with Crippen LogP contribution < -0.4 is 114 Å². The van der Waals surface area contributed by atoms with E-state index >= 15 is 0 Å². The molecule has 0 radical (unpaired) electrons. The Labute approximate surface area is 467 Å². The van der Waals surface area contributed by atoms with Crippen LogP contribution in [-0.4, -0.2) is 172 Å². The van der Waals surface area contributed by atoms with Crippen LogP contribution in [0.4, 0.5) is 17.1 Å². The monoisotopic (exact) mass is 959 g/mol. The molecule has 2 aromatic heterocycles. The Kier molecular flexibility index (Phi) is 13.9. The Bertz CT molecular complexity index is 3970. The normalized spacial score (nSPS) is 11.4. The van der Waals surface area contributed by atoms with E-state index in [0.717, 1.165) is 66.7 Å². The summed E-state index contributed by atoms with van der Waals surface area (Å²) in [6, 6.07) is 30.4. The van der Waals surface area contributed by atoms with Gasteiger partial charge in [-0.1, -0.05) is 121 Å². The van der Waals surface area contributed by atoms with Crippen LogP contribution in [0.25, 0.3) is 78.4 Å². The molecule has 0 aliphatic heterocycles. The SMILES string of the molecule is Bc1c(B)c(B)c(-c2nc(-c3c(B)c(B)c(B)c(B)c3B)nc(-c3c(B)c(B)c(B)c(-c4c(B)c(N(c5ccccc5)c5ccc(-c6ccccc6)cc5)c(B)c5oc6c(B)c(B)c(B)c(B)c6c45)c3B)n2)c(B)c1B. The third-order valence-electron chi connectivity index (χ3n) is 18.6. The summed E-state index contributed by atoms with van der Waals surface area (Å²) in [7, 11) is 45.1. The predicted molar refractivity (Wildman–Crippen MR) is 393 cm³/mol. The molecule has 344 valence electrons. The molecule has 2 heterocycles. The Morgan fingerprint density at radius 1 is 0.263 bits per heavy atom. The van der Waals surface area contributed by atoms with Crippen LogP contribution in [0.1, 0.15) is 0 Å². The van der Waals surface area contributed by atoms with E-state index in [1.165, 1.54) is 121 Å². The van der Waals surface area contributed by atoms with E-state index in [9.17, 15) is 0 Å². The third-order valence-corrected chi connectivity index (χ3v) is 18.6. The van der Waals surface area contributed by atoms with Crippen molar-refractivity contribution in [1.29, 1.82) is 0 Å². The first-order valence-electron chi connectivity index (χ1n) is 27.1. The lowest BCUT2D eigenvalue weighted by atomic mass is 9.60. The number of rotatable bonds is 8. The second-order valence-electron chi connectivity index (χ2n) is 22.1. The Morgan fingerprint density at radius 3 is 1.08 bits per heavy atom. The molecule has 8 aromatic carbocycles. The molecule has 0 fully saturated rings. The van der Waals surface area contributed by atoms with E-state index in [1.807, 2.05) is 0 Å². The van der Waals surface area contributed by atoms with Crippen molar-refractivity contribution in [3.63, 3.8) is 0 Å². The van der Waals surface area contributed by atoms with E-state index in [2.05, 4.69) is 247 Å². The first kappa shape index (κ1) is 53.1. The van der Waals surface area contributed by atoms with Gasteiger partial charge in [-0.15, -0.1) is 43.7 Å². The first-order valence-corrected chi connectivity index (χ1v) is 27.1. The van der Waals surface area contributed by atoms with Gasteiger partial charge in [-0.2, -0.15) is 0 Å². The number of fused-ring (bicyclic) bond motifs is 3. The Balaban J connectivity index is 1.36. The smallest absolute Gasteiger partial charge is 0.162 e. The zero-order valence-electron chi connectivity index (χ0n) is 48.8. The number of furan rings is 1. The molecule has 0 aliphatic rings. The number of hydrogen-bond donors (Lipinski definition) is 0. The van der Waals surface area contributed by atoms with Gasteiger partial charge >= 0.3 is 0 Å². The lowest BCUT2D eigenvalue weighted by Gasteiger charge is -2.32. The number of para-hydroxylation sites is 1. The van der Waals surface area contributed by atoms with Gasteiger partial charge in [0.25, 0.3) is 0 Å². The minimum atomic E-state index is 0.685. The van der Waals surface area contributed by atoms with Crippen molar-refractivity contribution in [1.82, 2.24) is 15.0 Å². The van der Waals surface area contributed by atoms with Gasteiger partial charge < -0.3 is 9.32 Å². The highest BCUT2D eigenvalue weighted by Gasteiger charge is 2.31. The van der Waals surface area contributed by atoms with E-state index in [-0.39, 0.29) is 0 Å². The molecule has 25 heteroatoms. The molecule has 0 amide bonds. The maximum Gasteiger partial charge on any atom is 0.162 e. The summed E-state index contributed by atoms with van der Waals surface area (Å²) >= 11 is 0. The zero-order chi connectivity index (χ0) is 54.7. The van der Waals surface area contributed by atoms with Crippen LogP contribution in [0.5, 0.6) is 0 Å². The average molecular weight is 955 g/mol. The summed E-state index contributed by atoms with van der Waals surface area (Å²) in [5.74, 6) is 2.10. The van der Waals surface area contributed by atoms with E-state index in [4.69, 9.17) is 19.4 Å². The van der Waals surface area contributed by atoms with Crippen LogP contribution in [0.15, 0.2) is 89.3 Å². The summed E-state index contributed by atoms with van der Waals surface area (Å²) in [6.45, 7) is 0. The fraction of sp³-hybridized carbons (Fsp3) is 0. The second kappa shape index (κ2) is 19.9. The lowest BCUT2D eigenvalue weighted by molar-refractivity contribution is 0.674. The zero-order valence-corrected chi connectivity index (χ0v) is 48.8. The molecule has 0 N–H and O–H groups in total. The molecule has 0 saturated heterocycles. The van der Waals surface area contributed by atoms with E-state index in [0.29, 0.717) is 17.5 Å². The number of nitrogens with zero attached hydrogens (tertiary/aromatic N) is 4. The quantitative estimate of drug-likeness (QED) is 0.142. The molecule has 0 atom stereocenters. The Morgan fingerprint density at radius 2 is 0.605 bits per heavy atom. The third kappa shape index (κ3) is 8.19. The summed E-state index contributed by atoms with van der Waals surface area (Å²) in [6.07, 6.45) is 0. The molecule has 0 unspecified atom stereocenters. The summed E-state index contributed by atoms with van der Waals surface area (Å²) in [5.41, 5.74) is 37.5. The van der Waals surface area contributed by atoms with Gasteiger partial charge in [0.15, 0.2) is 17.5 Å². The van der Waals surface area contributed by atoms with Gasteiger partial charge in [0.2, 0.25) is 0 Å².